The minimum Gasteiger partial charge on any atom is -0.461 e. The molecule has 0 amide bonds. The molecule has 0 aliphatic carbocycles. The van der Waals surface area contributed by atoms with Gasteiger partial charge in [-0.2, -0.15) is 0 Å². The first-order valence-corrected chi connectivity index (χ1v) is 11.9. The third-order valence-corrected chi connectivity index (χ3v) is 6.34. The smallest absolute Gasteiger partial charge is 0.231 e. The van der Waals surface area contributed by atoms with E-state index in [4.69, 9.17) is 18.6 Å². The summed E-state index contributed by atoms with van der Waals surface area (Å²) in [6.07, 6.45) is 0. The first kappa shape index (κ1) is 25.0. The van der Waals surface area contributed by atoms with Gasteiger partial charge in [0.15, 0.2) is 17.1 Å². The highest BCUT2D eigenvalue weighted by molar-refractivity contribution is 5.45. The summed E-state index contributed by atoms with van der Waals surface area (Å²) in [5.74, 6) is 1.13. The van der Waals surface area contributed by atoms with E-state index in [2.05, 4.69) is 4.90 Å². The first-order chi connectivity index (χ1) is 18.0. The van der Waals surface area contributed by atoms with Gasteiger partial charge in [0.1, 0.15) is 23.2 Å². The van der Waals surface area contributed by atoms with Crippen LogP contribution in [0.25, 0.3) is 0 Å². The van der Waals surface area contributed by atoms with E-state index in [0.717, 1.165) is 11.3 Å². The highest BCUT2D eigenvalue weighted by Gasteiger charge is 2.38. The summed E-state index contributed by atoms with van der Waals surface area (Å²) in [6, 6.07) is 20.4. The van der Waals surface area contributed by atoms with Gasteiger partial charge in [-0.25, -0.2) is 8.78 Å². The molecule has 192 valence electrons. The molecule has 1 N–H and O–H groups in total. The lowest BCUT2D eigenvalue weighted by Gasteiger charge is -2.27. The van der Waals surface area contributed by atoms with Crippen LogP contribution in [0.2, 0.25) is 0 Å². The van der Waals surface area contributed by atoms with E-state index in [9.17, 15) is 13.9 Å². The average Bonchev–Trinajstić information content (AvgIpc) is 3.56. The van der Waals surface area contributed by atoms with E-state index in [1.807, 2.05) is 18.2 Å². The quantitative estimate of drug-likeness (QED) is 0.318. The maximum atomic E-state index is 14.1. The Balaban J connectivity index is 1.44. The fourth-order valence-corrected chi connectivity index (χ4v) is 4.49. The Bertz CT molecular complexity index is 1330. The minimum atomic E-state index is -1.89. The summed E-state index contributed by atoms with van der Waals surface area (Å²) >= 11 is 0. The zero-order chi connectivity index (χ0) is 25.8. The van der Waals surface area contributed by atoms with Crippen LogP contribution in [0.5, 0.6) is 11.5 Å². The van der Waals surface area contributed by atoms with Crippen LogP contribution in [-0.4, -0.2) is 37.1 Å². The lowest BCUT2D eigenvalue weighted by Crippen LogP contribution is -2.29. The number of rotatable bonds is 10. The minimum absolute atomic E-state index is 0.161. The predicted octanol–water partition coefficient (Wildman–Crippen LogP) is 5.22. The van der Waals surface area contributed by atoms with Gasteiger partial charge in [-0.15, -0.1) is 0 Å². The van der Waals surface area contributed by atoms with Crippen LogP contribution < -0.4 is 9.47 Å². The number of hydrogen-bond donors (Lipinski definition) is 1. The molecule has 0 atom stereocenters. The third kappa shape index (κ3) is 5.36. The van der Waals surface area contributed by atoms with Gasteiger partial charge < -0.3 is 23.7 Å². The number of halogens is 2. The van der Waals surface area contributed by atoms with E-state index in [0.29, 0.717) is 37.8 Å². The maximum Gasteiger partial charge on any atom is 0.231 e. The number of aliphatic hydroxyl groups is 1. The van der Waals surface area contributed by atoms with E-state index in [1.165, 1.54) is 36.4 Å². The Morgan fingerprint density at radius 3 is 2.24 bits per heavy atom. The highest BCUT2D eigenvalue weighted by atomic mass is 19.1. The summed E-state index contributed by atoms with van der Waals surface area (Å²) in [5.41, 5.74) is -0.397. The zero-order valence-electron chi connectivity index (χ0n) is 20.3. The van der Waals surface area contributed by atoms with Crippen LogP contribution in [-0.2, 0) is 23.4 Å². The zero-order valence-corrected chi connectivity index (χ0v) is 20.3. The molecule has 0 fully saturated rings. The van der Waals surface area contributed by atoms with Crippen LogP contribution >= 0.6 is 0 Å². The molecule has 0 saturated heterocycles. The van der Waals surface area contributed by atoms with E-state index >= 15 is 0 Å². The van der Waals surface area contributed by atoms with Crippen molar-refractivity contribution in [1.82, 2.24) is 4.90 Å². The van der Waals surface area contributed by atoms with Crippen molar-refractivity contribution < 1.29 is 32.5 Å². The second-order valence-corrected chi connectivity index (χ2v) is 8.89. The molecule has 5 rings (SSSR count). The van der Waals surface area contributed by atoms with Crippen molar-refractivity contribution in [1.29, 1.82) is 0 Å². The lowest BCUT2D eigenvalue weighted by atomic mass is 9.84. The van der Waals surface area contributed by atoms with Gasteiger partial charge >= 0.3 is 0 Å². The highest BCUT2D eigenvalue weighted by Crippen LogP contribution is 2.38. The molecular weight excluding hydrogens is 480 g/mol. The molecule has 4 aromatic rings. The van der Waals surface area contributed by atoms with E-state index in [1.54, 1.807) is 31.4 Å². The molecular formula is C29H27F2NO5. The number of fused-ring (bicyclic) bond motifs is 1. The molecule has 6 nitrogen and oxygen atoms in total. The SMILES string of the molecule is COCCN(Cc1ccc2c(c1)OCO2)Cc1ccc(C(O)(c2cccc(F)c2)c2cccc(F)c2)o1. The number of ether oxygens (including phenoxy) is 3. The Morgan fingerprint density at radius 1 is 0.865 bits per heavy atom. The van der Waals surface area contributed by atoms with E-state index in [-0.39, 0.29) is 23.7 Å². The number of methoxy groups -OCH3 is 1. The van der Waals surface area contributed by atoms with Crippen molar-refractivity contribution in [3.8, 4) is 11.5 Å². The molecule has 37 heavy (non-hydrogen) atoms. The van der Waals surface area contributed by atoms with Gasteiger partial charge in [0.05, 0.1) is 13.2 Å². The number of hydrogen-bond acceptors (Lipinski definition) is 6. The molecule has 0 saturated carbocycles. The Hall–Kier alpha value is -3.72. The molecule has 2 heterocycles. The monoisotopic (exact) mass is 507 g/mol. The Kier molecular flexibility index (Phi) is 7.23. The van der Waals surface area contributed by atoms with Gasteiger partial charge in [-0.3, -0.25) is 4.90 Å². The molecule has 1 aromatic heterocycles. The molecule has 8 heteroatoms. The van der Waals surface area contributed by atoms with Crippen LogP contribution in [0.4, 0.5) is 8.78 Å². The molecule has 0 bridgehead atoms. The van der Waals surface area contributed by atoms with Crippen LogP contribution in [0.3, 0.4) is 0 Å². The fraction of sp³-hybridized carbons (Fsp3) is 0.241. The van der Waals surface area contributed by atoms with Gasteiger partial charge in [0.2, 0.25) is 6.79 Å². The summed E-state index contributed by atoms with van der Waals surface area (Å²) in [4.78, 5) is 2.13. The van der Waals surface area contributed by atoms with Crippen molar-refractivity contribution in [2.45, 2.75) is 18.7 Å². The topological polar surface area (TPSA) is 64.3 Å². The second kappa shape index (κ2) is 10.7. The largest absolute Gasteiger partial charge is 0.461 e. The predicted molar refractivity (Wildman–Crippen MR) is 132 cm³/mol. The Morgan fingerprint density at radius 2 is 1.57 bits per heavy atom. The van der Waals surface area contributed by atoms with Crippen LogP contribution in [0.15, 0.2) is 83.3 Å². The standard InChI is InChI=1S/C29H27F2NO5/c1-34-13-12-32(17-20-8-10-26-27(14-20)36-19-35-26)18-25-9-11-28(37-25)29(33,21-4-2-6-23(30)15-21)22-5-3-7-24(31)16-22/h2-11,14-16,33H,12-13,17-19H2,1H3. The molecule has 3 aromatic carbocycles. The van der Waals surface area contributed by atoms with Crippen LogP contribution in [0.1, 0.15) is 28.2 Å². The van der Waals surface area contributed by atoms with Gasteiger partial charge in [0, 0.05) is 20.2 Å². The lowest BCUT2D eigenvalue weighted by molar-refractivity contribution is 0.0926. The average molecular weight is 508 g/mol. The fourth-order valence-electron chi connectivity index (χ4n) is 4.49. The molecule has 1 aliphatic heterocycles. The van der Waals surface area contributed by atoms with Crippen molar-refractivity contribution in [2.24, 2.45) is 0 Å². The van der Waals surface area contributed by atoms with Crippen molar-refractivity contribution in [2.75, 3.05) is 27.1 Å². The first-order valence-electron chi connectivity index (χ1n) is 11.9. The third-order valence-electron chi connectivity index (χ3n) is 6.34. The summed E-state index contributed by atoms with van der Waals surface area (Å²) in [5, 5.41) is 11.9. The van der Waals surface area contributed by atoms with Gasteiger partial charge in [-0.1, -0.05) is 30.3 Å². The summed E-state index contributed by atoms with van der Waals surface area (Å²) in [7, 11) is 1.64. The normalized spacial score (nSPS) is 12.9. The summed E-state index contributed by atoms with van der Waals surface area (Å²) in [6.45, 7) is 2.35. The van der Waals surface area contributed by atoms with Gasteiger partial charge in [-0.05, 0) is 65.2 Å². The summed E-state index contributed by atoms with van der Waals surface area (Å²) < 4.78 is 50.6. The number of nitrogens with zero attached hydrogens (tertiary/aromatic N) is 1. The van der Waals surface area contributed by atoms with Crippen LogP contribution in [0, 0.1) is 11.6 Å². The maximum absolute atomic E-state index is 14.1. The molecule has 0 unspecified atom stereocenters. The Labute approximate surface area is 213 Å². The number of furan rings is 1. The van der Waals surface area contributed by atoms with Crippen molar-refractivity contribution in [3.05, 3.63) is 119 Å². The van der Waals surface area contributed by atoms with Gasteiger partial charge in [0.25, 0.3) is 0 Å². The molecule has 1 aliphatic rings. The number of benzene rings is 3. The van der Waals surface area contributed by atoms with Crippen molar-refractivity contribution >= 4 is 0 Å². The van der Waals surface area contributed by atoms with E-state index < -0.39 is 17.2 Å². The molecule has 0 spiro atoms. The second-order valence-electron chi connectivity index (χ2n) is 8.89. The molecule has 0 radical (unpaired) electrons. The van der Waals surface area contributed by atoms with Crippen molar-refractivity contribution in [3.63, 3.8) is 0 Å².